The number of nitrogens with two attached hydrogens (primary N) is 1. The van der Waals surface area contributed by atoms with E-state index in [9.17, 15) is 12.8 Å². The minimum absolute atomic E-state index is 0. The number of aliphatic imine (C=N–C) groups is 1. The molecule has 1 aliphatic rings. The molecule has 0 saturated heterocycles. The van der Waals surface area contributed by atoms with Crippen LogP contribution in [0.5, 0.6) is 0 Å². The second-order valence-electron chi connectivity index (χ2n) is 7.03. The Morgan fingerprint density at radius 2 is 1.86 bits per heavy atom. The molecule has 29 heavy (non-hydrogen) atoms. The number of benzene rings is 2. The molecule has 0 amide bonds. The van der Waals surface area contributed by atoms with Crippen molar-refractivity contribution in [1.82, 2.24) is 10.6 Å². The molecule has 3 rings (SSSR count). The summed E-state index contributed by atoms with van der Waals surface area (Å²) in [4.78, 5) is 4.64. The Balaban J connectivity index is 0.00000300. The van der Waals surface area contributed by atoms with Gasteiger partial charge in [-0.15, -0.1) is 24.0 Å². The fourth-order valence-electron chi connectivity index (χ4n) is 3.09. The first-order chi connectivity index (χ1) is 13.3. The van der Waals surface area contributed by atoms with E-state index >= 15 is 0 Å². The van der Waals surface area contributed by atoms with Gasteiger partial charge in [0.15, 0.2) is 5.96 Å². The van der Waals surface area contributed by atoms with E-state index in [4.69, 9.17) is 5.14 Å². The zero-order valence-corrected chi connectivity index (χ0v) is 19.3. The van der Waals surface area contributed by atoms with Gasteiger partial charge in [0.05, 0.1) is 11.4 Å². The van der Waals surface area contributed by atoms with Crippen molar-refractivity contribution in [3.05, 3.63) is 65.5 Å². The average molecular weight is 532 g/mol. The Labute approximate surface area is 188 Å². The monoisotopic (exact) mass is 532 g/mol. The van der Waals surface area contributed by atoms with Crippen LogP contribution in [-0.4, -0.2) is 27.5 Å². The van der Waals surface area contributed by atoms with Gasteiger partial charge in [-0.1, -0.05) is 24.3 Å². The van der Waals surface area contributed by atoms with Crippen LogP contribution in [0.2, 0.25) is 0 Å². The molecule has 6 nitrogen and oxygen atoms in total. The van der Waals surface area contributed by atoms with E-state index in [0.29, 0.717) is 25.6 Å². The van der Waals surface area contributed by atoms with E-state index in [-0.39, 0.29) is 40.1 Å². The van der Waals surface area contributed by atoms with Gasteiger partial charge in [0.1, 0.15) is 5.82 Å². The first-order valence-electron chi connectivity index (χ1n) is 9.22. The summed E-state index contributed by atoms with van der Waals surface area (Å²) in [5.41, 5.74) is 1.83. The predicted molar refractivity (Wildman–Crippen MR) is 123 cm³/mol. The van der Waals surface area contributed by atoms with E-state index in [2.05, 4.69) is 15.6 Å². The van der Waals surface area contributed by atoms with Gasteiger partial charge >= 0.3 is 0 Å². The molecule has 0 spiro atoms. The number of primary sulfonamides is 1. The highest BCUT2D eigenvalue weighted by molar-refractivity contribution is 14.0. The van der Waals surface area contributed by atoms with Gasteiger partial charge < -0.3 is 10.6 Å². The van der Waals surface area contributed by atoms with Crippen LogP contribution in [0.1, 0.15) is 30.9 Å². The number of nitrogens with zero attached hydrogens (tertiary/aromatic N) is 1. The number of rotatable bonds is 7. The molecule has 0 bridgehead atoms. The lowest BCUT2D eigenvalue weighted by Gasteiger charge is -2.19. The third-order valence-electron chi connectivity index (χ3n) is 4.90. The van der Waals surface area contributed by atoms with Crippen LogP contribution < -0.4 is 15.8 Å². The highest BCUT2D eigenvalue weighted by Crippen LogP contribution is 2.47. The number of hydrogen-bond donors (Lipinski definition) is 3. The minimum Gasteiger partial charge on any atom is -0.357 e. The Morgan fingerprint density at radius 3 is 2.41 bits per heavy atom. The second kappa shape index (κ2) is 9.86. The van der Waals surface area contributed by atoms with Crippen molar-refractivity contribution in [2.24, 2.45) is 10.1 Å². The molecule has 0 atom stereocenters. The van der Waals surface area contributed by atoms with Crippen molar-refractivity contribution in [1.29, 1.82) is 0 Å². The molecular weight excluding hydrogens is 506 g/mol. The smallest absolute Gasteiger partial charge is 0.238 e. The third kappa shape index (κ3) is 6.38. The Bertz CT molecular complexity index is 961. The molecule has 2 aromatic carbocycles. The average Bonchev–Trinajstić information content (AvgIpc) is 3.45. The van der Waals surface area contributed by atoms with Crippen LogP contribution in [-0.2, 0) is 22.0 Å². The SMILES string of the molecule is CCNC(=NCc1ccc(S(N)(=O)=O)cc1)NCC1(c2cccc(F)c2)CC1.I. The summed E-state index contributed by atoms with van der Waals surface area (Å²) >= 11 is 0. The Hall–Kier alpha value is -1.72. The normalized spacial score (nSPS) is 15.3. The number of sulfonamides is 1. The third-order valence-corrected chi connectivity index (χ3v) is 5.83. The predicted octanol–water partition coefficient (Wildman–Crippen LogP) is 2.88. The maximum absolute atomic E-state index is 13.6. The second-order valence-corrected chi connectivity index (χ2v) is 8.59. The Morgan fingerprint density at radius 1 is 1.17 bits per heavy atom. The molecule has 4 N–H and O–H groups in total. The van der Waals surface area contributed by atoms with Crippen molar-refractivity contribution in [3.63, 3.8) is 0 Å². The van der Waals surface area contributed by atoms with Crippen molar-refractivity contribution >= 4 is 40.0 Å². The van der Waals surface area contributed by atoms with Crippen LogP contribution in [0.15, 0.2) is 58.4 Å². The highest BCUT2D eigenvalue weighted by Gasteiger charge is 2.44. The molecule has 1 saturated carbocycles. The van der Waals surface area contributed by atoms with E-state index in [1.807, 2.05) is 13.0 Å². The number of halogens is 2. The lowest BCUT2D eigenvalue weighted by Crippen LogP contribution is -2.41. The quantitative estimate of drug-likeness (QED) is 0.290. The topological polar surface area (TPSA) is 96.6 Å². The number of nitrogens with one attached hydrogen (secondary N) is 2. The van der Waals surface area contributed by atoms with Gasteiger partial charge in [0.25, 0.3) is 0 Å². The standard InChI is InChI=1S/C20H25FN4O2S.HI/c1-2-23-19(24-13-15-6-8-18(9-7-15)28(22,26)27)25-14-20(10-11-20)16-4-3-5-17(21)12-16;/h3-9,12H,2,10-11,13-14H2,1H3,(H2,22,26,27)(H2,23,24,25);1H. The highest BCUT2D eigenvalue weighted by atomic mass is 127. The first kappa shape index (κ1) is 23.6. The van der Waals surface area contributed by atoms with E-state index in [1.165, 1.54) is 18.2 Å². The van der Waals surface area contributed by atoms with Gasteiger partial charge in [0.2, 0.25) is 10.0 Å². The van der Waals surface area contributed by atoms with Gasteiger partial charge in [-0.2, -0.15) is 0 Å². The summed E-state index contributed by atoms with van der Waals surface area (Å²) in [6, 6.07) is 13.1. The van der Waals surface area contributed by atoms with Crippen LogP contribution in [0.3, 0.4) is 0 Å². The molecule has 0 heterocycles. The lowest BCUT2D eigenvalue weighted by molar-refractivity contribution is 0.597. The maximum Gasteiger partial charge on any atom is 0.238 e. The summed E-state index contributed by atoms with van der Waals surface area (Å²) in [7, 11) is -3.69. The van der Waals surface area contributed by atoms with Gasteiger partial charge in [-0.25, -0.2) is 22.9 Å². The van der Waals surface area contributed by atoms with Crippen LogP contribution in [0, 0.1) is 5.82 Å². The van der Waals surface area contributed by atoms with Gasteiger partial charge in [0, 0.05) is 18.5 Å². The summed E-state index contributed by atoms with van der Waals surface area (Å²) < 4.78 is 36.2. The van der Waals surface area contributed by atoms with Crippen LogP contribution in [0.25, 0.3) is 0 Å². The molecule has 0 aliphatic heterocycles. The zero-order valence-electron chi connectivity index (χ0n) is 16.2. The fraction of sp³-hybridized carbons (Fsp3) is 0.350. The van der Waals surface area contributed by atoms with Crippen LogP contribution in [0.4, 0.5) is 4.39 Å². The summed E-state index contributed by atoms with van der Waals surface area (Å²) in [5.74, 6) is 0.452. The number of hydrogen-bond acceptors (Lipinski definition) is 3. The molecule has 9 heteroatoms. The minimum atomic E-state index is -3.69. The Kier molecular flexibility index (Phi) is 8.01. The summed E-state index contributed by atoms with van der Waals surface area (Å²) in [6.07, 6.45) is 2.02. The molecule has 0 radical (unpaired) electrons. The van der Waals surface area contributed by atoms with Gasteiger partial charge in [-0.3, -0.25) is 0 Å². The maximum atomic E-state index is 13.6. The fourth-order valence-corrected chi connectivity index (χ4v) is 3.60. The molecular formula is C20H26FIN4O2S. The number of guanidine groups is 1. The summed E-state index contributed by atoms with van der Waals surface area (Å²) in [6.45, 7) is 3.76. The molecule has 0 unspecified atom stereocenters. The molecule has 1 aliphatic carbocycles. The van der Waals surface area contributed by atoms with Crippen molar-refractivity contribution in [3.8, 4) is 0 Å². The molecule has 1 fully saturated rings. The molecule has 2 aromatic rings. The van der Waals surface area contributed by atoms with Crippen molar-refractivity contribution in [2.45, 2.75) is 36.6 Å². The first-order valence-corrected chi connectivity index (χ1v) is 10.8. The summed E-state index contributed by atoms with van der Waals surface area (Å²) in [5, 5.41) is 11.7. The molecule has 158 valence electrons. The van der Waals surface area contributed by atoms with Crippen molar-refractivity contribution in [2.75, 3.05) is 13.1 Å². The van der Waals surface area contributed by atoms with E-state index in [1.54, 1.807) is 24.3 Å². The zero-order chi connectivity index (χ0) is 20.2. The lowest BCUT2D eigenvalue weighted by atomic mass is 9.96. The molecule has 0 aromatic heterocycles. The van der Waals surface area contributed by atoms with E-state index in [0.717, 1.165) is 24.0 Å². The largest absolute Gasteiger partial charge is 0.357 e. The van der Waals surface area contributed by atoms with Gasteiger partial charge in [-0.05, 0) is 55.2 Å². The van der Waals surface area contributed by atoms with E-state index < -0.39 is 10.0 Å². The van der Waals surface area contributed by atoms with Crippen LogP contribution >= 0.6 is 24.0 Å². The van der Waals surface area contributed by atoms with Crippen molar-refractivity contribution < 1.29 is 12.8 Å².